The monoisotopic (exact) mass is 633 g/mol. The summed E-state index contributed by atoms with van der Waals surface area (Å²) in [5, 5.41) is 11.8. The molecule has 179 valence electrons. The molecule has 1 heterocycles. The van der Waals surface area contributed by atoms with Gasteiger partial charge in [0.1, 0.15) is 0 Å². The quantitative estimate of drug-likeness (QED) is 0.145. The van der Waals surface area contributed by atoms with Crippen LogP contribution in [0.3, 0.4) is 0 Å². The largest absolute Gasteiger partial charge is 0.512 e. The molecule has 2 fully saturated rings. The van der Waals surface area contributed by atoms with E-state index in [0.29, 0.717) is 5.78 Å². The Labute approximate surface area is 214 Å². The maximum atomic E-state index is 13.8. The van der Waals surface area contributed by atoms with Gasteiger partial charge in [-0.2, -0.15) is 0 Å². The van der Waals surface area contributed by atoms with Crippen LogP contribution < -0.4 is 0 Å². The van der Waals surface area contributed by atoms with E-state index in [4.69, 9.17) is 10.1 Å². The number of carbonyl (C=O) groups excluding carboxylic acids is 2. The first kappa shape index (κ1) is 24.8. The Morgan fingerprint density at radius 2 is 1.62 bits per heavy atom. The summed E-state index contributed by atoms with van der Waals surface area (Å²) in [6.45, 7) is 2.85. The minimum Gasteiger partial charge on any atom is -0.512 e. The average molecular weight is 633 g/mol. The van der Waals surface area contributed by atoms with Crippen LogP contribution in [0.4, 0.5) is 0 Å². The molecule has 1 N–H and O–H groups in total. The molecular formula is C29H30IrNO3-. The molecule has 0 atom stereocenters. The van der Waals surface area contributed by atoms with Gasteiger partial charge in [-0.05, 0) is 56.0 Å². The number of allylic oxidation sites excluding steroid dienone is 2. The van der Waals surface area contributed by atoms with Gasteiger partial charge in [-0.15, -0.1) is 35.0 Å². The molecule has 2 aromatic carbocycles. The van der Waals surface area contributed by atoms with Crippen LogP contribution >= 0.6 is 0 Å². The van der Waals surface area contributed by atoms with Crippen molar-refractivity contribution in [1.82, 2.24) is 4.98 Å². The summed E-state index contributed by atoms with van der Waals surface area (Å²) in [6.07, 6.45) is 9.85. The number of Topliss-reactive ketones (excluding diaryl/α,β-unsaturated/α-hetero) is 1. The van der Waals surface area contributed by atoms with Crippen molar-refractivity contribution in [3.63, 3.8) is 0 Å². The molecule has 1 radical (unpaired) electrons. The Kier molecular flexibility index (Phi) is 6.81. The Balaban J connectivity index is 0.000000303. The molecule has 2 spiro atoms. The predicted molar refractivity (Wildman–Crippen MR) is 130 cm³/mol. The predicted octanol–water partition coefficient (Wildman–Crippen LogP) is 6.43. The van der Waals surface area contributed by atoms with Crippen LogP contribution in [0.5, 0.6) is 0 Å². The molecular weight excluding hydrogens is 603 g/mol. The molecule has 4 nitrogen and oxygen atoms in total. The van der Waals surface area contributed by atoms with Gasteiger partial charge in [-0.3, -0.25) is 14.6 Å². The van der Waals surface area contributed by atoms with Crippen LogP contribution in [0.25, 0.3) is 21.7 Å². The molecule has 0 saturated heterocycles. The molecule has 2 saturated carbocycles. The number of rotatable bonds is 1. The van der Waals surface area contributed by atoms with Crippen molar-refractivity contribution in [1.29, 1.82) is 0 Å². The van der Waals surface area contributed by atoms with Crippen molar-refractivity contribution >= 4 is 33.2 Å². The number of fused-ring (bicyclic) bond motifs is 6. The first-order valence-corrected chi connectivity index (χ1v) is 12.1. The number of pyridine rings is 1. The minimum absolute atomic E-state index is 0. The van der Waals surface area contributed by atoms with E-state index in [1.807, 2.05) is 12.1 Å². The van der Waals surface area contributed by atoms with Gasteiger partial charge in [0.05, 0.1) is 16.6 Å². The second-order valence-corrected chi connectivity index (χ2v) is 9.96. The first-order chi connectivity index (χ1) is 15.9. The number of ketones is 2. The van der Waals surface area contributed by atoms with E-state index >= 15 is 0 Å². The zero-order valence-corrected chi connectivity index (χ0v) is 22.1. The van der Waals surface area contributed by atoms with E-state index in [9.17, 15) is 9.59 Å². The molecule has 6 rings (SSSR count). The number of nitrogens with zero attached hydrogens (tertiary/aromatic N) is 1. The van der Waals surface area contributed by atoms with Gasteiger partial charge >= 0.3 is 0 Å². The number of hydrogen-bond acceptors (Lipinski definition) is 4. The molecule has 34 heavy (non-hydrogen) atoms. The van der Waals surface area contributed by atoms with Gasteiger partial charge in [0.15, 0.2) is 11.6 Å². The summed E-state index contributed by atoms with van der Waals surface area (Å²) in [7, 11) is 0. The Bertz CT molecular complexity index is 1290. The second-order valence-electron chi connectivity index (χ2n) is 9.96. The van der Waals surface area contributed by atoms with E-state index in [1.54, 1.807) is 0 Å². The topological polar surface area (TPSA) is 67.3 Å². The molecule has 1 aromatic heterocycles. The van der Waals surface area contributed by atoms with Crippen LogP contribution in [0.2, 0.25) is 0 Å². The Morgan fingerprint density at radius 3 is 2.21 bits per heavy atom. The van der Waals surface area contributed by atoms with Crippen LogP contribution in [-0.2, 0) is 40.5 Å². The van der Waals surface area contributed by atoms with Crippen LogP contribution in [-0.4, -0.2) is 21.7 Å². The maximum absolute atomic E-state index is 13.8. The number of aromatic nitrogens is 1. The summed E-state index contributed by atoms with van der Waals surface area (Å²) in [5.41, 5.74) is 2.88. The van der Waals surface area contributed by atoms with Crippen LogP contribution in [0.15, 0.2) is 48.2 Å². The van der Waals surface area contributed by atoms with Crippen molar-refractivity contribution in [2.24, 2.45) is 0 Å². The molecule has 0 unspecified atom stereocenters. The average Bonchev–Trinajstić information content (AvgIpc) is 3.51. The van der Waals surface area contributed by atoms with E-state index in [1.165, 1.54) is 43.7 Å². The number of aliphatic hydroxyl groups is 1. The summed E-state index contributed by atoms with van der Waals surface area (Å²) in [6, 6.07) is 16.1. The van der Waals surface area contributed by atoms with Gasteiger partial charge in [-0.25, -0.2) is 0 Å². The Morgan fingerprint density at radius 1 is 1.00 bits per heavy atom. The summed E-state index contributed by atoms with van der Waals surface area (Å²) >= 11 is 0. The standard InChI is InChI=1S/C24H22NO.C5H8O2.Ir/c26-22-23(11-3-4-12-23)19-15-17-10-9-16-7-1-2-8-18(16)20(17)25-21(19)24(22)13-5-6-14-24;1-4(6)3-5(2)7;/h1-2,7,9-10,15H,3-6,11-14H2;3,6H,1-2H3;/q-1;;. The van der Waals surface area contributed by atoms with Gasteiger partial charge in [0.25, 0.3) is 0 Å². The maximum Gasteiger partial charge on any atom is 0.155 e. The zero-order chi connectivity index (χ0) is 23.2. The van der Waals surface area contributed by atoms with Crippen molar-refractivity contribution in [2.45, 2.75) is 76.0 Å². The summed E-state index contributed by atoms with van der Waals surface area (Å²) < 4.78 is 0. The summed E-state index contributed by atoms with van der Waals surface area (Å²) in [5.74, 6) is 0.443. The molecule has 3 aliphatic carbocycles. The fourth-order valence-corrected chi connectivity index (χ4v) is 6.46. The first-order valence-electron chi connectivity index (χ1n) is 12.1. The molecule has 0 amide bonds. The normalized spacial score (nSPS) is 19.8. The number of hydrogen-bond donors (Lipinski definition) is 1. The number of benzene rings is 2. The van der Waals surface area contributed by atoms with E-state index in [-0.39, 0.29) is 42.5 Å². The molecule has 5 heteroatoms. The summed E-state index contributed by atoms with van der Waals surface area (Å²) in [4.78, 5) is 29.1. The van der Waals surface area contributed by atoms with Crippen LogP contribution in [0.1, 0.15) is 76.5 Å². The van der Waals surface area contributed by atoms with Gasteiger partial charge in [0.2, 0.25) is 0 Å². The van der Waals surface area contributed by atoms with Crippen molar-refractivity contribution in [3.8, 4) is 0 Å². The van der Waals surface area contributed by atoms with E-state index in [0.717, 1.165) is 60.5 Å². The SMILES string of the molecule is CC(=O)C=C(C)O.O=C1C2(CCCC2)c2cc3ccc4ccc[c-]c4c3nc2C12CCCC2.[Ir]. The fourth-order valence-electron chi connectivity index (χ4n) is 6.46. The van der Waals surface area contributed by atoms with Gasteiger partial charge in [0, 0.05) is 31.9 Å². The third kappa shape index (κ3) is 3.83. The van der Waals surface area contributed by atoms with Crippen molar-refractivity contribution in [3.05, 3.63) is 65.6 Å². The molecule has 0 bridgehead atoms. The van der Waals surface area contributed by atoms with E-state index < -0.39 is 0 Å². The molecule has 3 aromatic rings. The fraction of sp³-hybridized carbons (Fsp3) is 0.414. The minimum atomic E-state index is -0.301. The molecule has 3 aliphatic rings. The third-order valence-electron chi connectivity index (χ3n) is 7.78. The van der Waals surface area contributed by atoms with Crippen molar-refractivity contribution < 1.29 is 34.8 Å². The smallest absolute Gasteiger partial charge is 0.155 e. The number of carbonyl (C=O) groups is 2. The molecule has 0 aliphatic heterocycles. The Hall–Kier alpha value is -2.36. The third-order valence-corrected chi connectivity index (χ3v) is 7.78. The number of aliphatic hydroxyl groups excluding tert-OH is 1. The van der Waals surface area contributed by atoms with Crippen LogP contribution in [0, 0.1) is 6.07 Å². The zero-order valence-electron chi connectivity index (χ0n) is 19.7. The second kappa shape index (κ2) is 9.36. The van der Waals surface area contributed by atoms with E-state index in [2.05, 4.69) is 30.3 Å². The van der Waals surface area contributed by atoms with Gasteiger partial charge in [-0.1, -0.05) is 43.9 Å². The van der Waals surface area contributed by atoms with Crippen molar-refractivity contribution in [2.75, 3.05) is 0 Å². The van der Waals surface area contributed by atoms with Gasteiger partial charge < -0.3 is 5.11 Å².